The van der Waals surface area contributed by atoms with Gasteiger partial charge in [0.05, 0.1) is 11.3 Å². The van der Waals surface area contributed by atoms with Crippen LogP contribution in [0.2, 0.25) is 0 Å². The smallest absolute Gasteiger partial charge is 0.295 e. The van der Waals surface area contributed by atoms with E-state index in [-0.39, 0.29) is 17.1 Å². The van der Waals surface area contributed by atoms with E-state index in [4.69, 9.17) is 5.41 Å². The van der Waals surface area contributed by atoms with Gasteiger partial charge in [-0.1, -0.05) is 30.3 Å². The van der Waals surface area contributed by atoms with Crippen molar-refractivity contribution in [3.8, 4) is 17.1 Å². The van der Waals surface area contributed by atoms with Crippen molar-refractivity contribution in [2.75, 3.05) is 12.4 Å². The largest absolute Gasteiger partial charge is 0.383 e. The molecule has 0 saturated carbocycles. The fourth-order valence-electron chi connectivity index (χ4n) is 3.11. The number of nitrogens with zero attached hydrogens (tertiary/aromatic N) is 5. The summed E-state index contributed by atoms with van der Waals surface area (Å²) in [6, 6.07) is 11.4. The summed E-state index contributed by atoms with van der Waals surface area (Å²) < 4.78 is 4.06. The molecular formula is C19H17N7O2. The molecule has 0 atom stereocenters. The summed E-state index contributed by atoms with van der Waals surface area (Å²) in [5, 5.41) is 10.1. The number of anilines is 1. The first-order chi connectivity index (χ1) is 13.5. The van der Waals surface area contributed by atoms with Crippen molar-refractivity contribution in [2.45, 2.75) is 0 Å². The van der Waals surface area contributed by atoms with E-state index >= 15 is 0 Å². The first kappa shape index (κ1) is 17.4. The molecule has 0 fully saturated rings. The Bertz CT molecular complexity index is 1320. The van der Waals surface area contributed by atoms with Crippen molar-refractivity contribution in [2.24, 2.45) is 7.05 Å². The molecule has 9 nitrogen and oxygen atoms in total. The van der Waals surface area contributed by atoms with Gasteiger partial charge in [0.2, 0.25) is 0 Å². The Morgan fingerprint density at radius 3 is 2.57 bits per heavy atom. The molecular weight excluding hydrogens is 358 g/mol. The average Bonchev–Trinajstić information content (AvgIpc) is 3.15. The lowest BCUT2D eigenvalue weighted by Gasteiger charge is -2.14. The topological polar surface area (TPSA) is 110 Å². The third-order valence-corrected chi connectivity index (χ3v) is 4.51. The number of fused-ring (bicyclic) bond motifs is 1. The molecule has 0 unspecified atom stereocenters. The van der Waals surface area contributed by atoms with Gasteiger partial charge in [-0.2, -0.15) is 4.68 Å². The van der Waals surface area contributed by atoms with E-state index < -0.39 is 11.1 Å². The number of nitrogens with one attached hydrogen (secondary N) is 2. The standard InChI is InChI=1S/C19H17N7O2/c1-21-17-13(9-20)18(27)24(2)26(19(17)28)15-8-16-23-14(10-25(16)11-22-15)12-6-4-3-5-7-12/h3-11,20-21H,1-2H3. The number of rotatable bonds is 4. The second-order valence-corrected chi connectivity index (χ2v) is 6.13. The van der Waals surface area contributed by atoms with Gasteiger partial charge in [-0.25, -0.2) is 14.6 Å². The summed E-state index contributed by atoms with van der Waals surface area (Å²) in [4.78, 5) is 34.3. The minimum Gasteiger partial charge on any atom is -0.383 e. The predicted octanol–water partition coefficient (Wildman–Crippen LogP) is 1.29. The van der Waals surface area contributed by atoms with E-state index in [0.717, 1.165) is 26.8 Å². The fourth-order valence-corrected chi connectivity index (χ4v) is 3.11. The maximum Gasteiger partial charge on any atom is 0.295 e. The van der Waals surface area contributed by atoms with Crippen molar-refractivity contribution >= 4 is 17.5 Å². The first-order valence-electron chi connectivity index (χ1n) is 8.50. The minimum atomic E-state index is -0.478. The van der Waals surface area contributed by atoms with E-state index in [1.165, 1.54) is 14.1 Å². The zero-order chi connectivity index (χ0) is 19.8. The zero-order valence-electron chi connectivity index (χ0n) is 15.2. The molecule has 4 aromatic rings. The molecule has 1 aromatic carbocycles. The SMILES string of the molecule is CNc1c(C=N)c(=O)n(C)n(-c2cc3nc(-c4ccccc4)cn3cn2)c1=O. The van der Waals surface area contributed by atoms with E-state index in [9.17, 15) is 9.59 Å². The molecule has 0 aliphatic carbocycles. The van der Waals surface area contributed by atoms with Crippen LogP contribution in [-0.2, 0) is 7.05 Å². The quantitative estimate of drug-likeness (QED) is 0.522. The van der Waals surface area contributed by atoms with Crippen LogP contribution in [0.3, 0.4) is 0 Å². The Morgan fingerprint density at radius 1 is 1.14 bits per heavy atom. The normalized spacial score (nSPS) is 10.9. The maximum atomic E-state index is 12.9. The number of aromatic nitrogens is 5. The molecule has 9 heteroatoms. The molecule has 0 saturated heterocycles. The predicted molar refractivity (Wildman–Crippen MR) is 107 cm³/mol. The van der Waals surface area contributed by atoms with Gasteiger partial charge in [-0.3, -0.25) is 14.0 Å². The van der Waals surface area contributed by atoms with Gasteiger partial charge in [0, 0.05) is 38.1 Å². The molecule has 3 aromatic heterocycles. The van der Waals surface area contributed by atoms with Crippen LogP contribution in [0.25, 0.3) is 22.7 Å². The number of benzene rings is 1. The monoisotopic (exact) mass is 375 g/mol. The van der Waals surface area contributed by atoms with Crippen LogP contribution >= 0.6 is 0 Å². The number of hydrogen-bond donors (Lipinski definition) is 2. The molecule has 4 rings (SSSR count). The Labute approximate surface area is 159 Å². The van der Waals surface area contributed by atoms with Crippen molar-refractivity contribution in [1.29, 1.82) is 5.41 Å². The fraction of sp³-hybridized carbons (Fsp3) is 0.105. The molecule has 2 N–H and O–H groups in total. The Kier molecular flexibility index (Phi) is 4.11. The Hall–Kier alpha value is -4.01. The third kappa shape index (κ3) is 2.60. The molecule has 140 valence electrons. The van der Waals surface area contributed by atoms with Crippen molar-refractivity contribution in [1.82, 2.24) is 23.7 Å². The summed E-state index contributed by atoms with van der Waals surface area (Å²) in [5.74, 6) is 0.260. The van der Waals surface area contributed by atoms with Crippen LogP contribution in [0, 0.1) is 5.41 Å². The van der Waals surface area contributed by atoms with Gasteiger partial charge in [0.15, 0.2) is 5.82 Å². The number of imidazole rings is 1. The van der Waals surface area contributed by atoms with Crippen LogP contribution in [0.1, 0.15) is 5.56 Å². The van der Waals surface area contributed by atoms with E-state index in [0.29, 0.717) is 5.65 Å². The molecule has 0 amide bonds. The molecule has 0 spiro atoms. The minimum absolute atomic E-state index is 0.000460. The molecule has 0 radical (unpaired) electrons. The maximum absolute atomic E-state index is 12.9. The average molecular weight is 375 g/mol. The second-order valence-electron chi connectivity index (χ2n) is 6.13. The molecule has 28 heavy (non-hydrogen) atoms. The van der Waals surface area contributed by atoms with Crippen molar-refractivity contribution in [3.63, 3.8) is 0 Å². The summed E-state index contributed by atoms with van der Waals surface area (Å²) >= 11 is 0. The lowest BCUT2D eigenvalue weighted by Crippen LogP contribution is -2.39. The summed E-state index contributed by atoms with van der Waals surface area (Å²) in [5.41, 5.74) is 1.42. The van der Waals surface area contributed by atoms with E-state index in [1.54, 1.807) is 16.8 Å². The van der Waals surface area contributed by atoms with Crippen LogP contribution in [0.5, 0.6) is 0 Å². The van der Waals surface area contributed by atoms with Crippen LogP contribution in [0.4, 0.5) is 5.69 Å². The number of hydrogen-bond acceptors (Lipinski definition) is 6. The Morgan fingerprint density at radius 2 is 1.89 bits per heavy atom. The summed E-state index contributed by atoms with van der Waals surface area (Å²) in [6.45, 7) is 0. The molecule has 0 aliphatic heterocycles. The van der Waals surface area contributed by atoms with Crippen LogP contribution in [0.15, 0.2) is 58.5 Å². The molecule has 0 bridgehead atoms. The molecule has 3 heterocycles. The summed E-state index contributed by atoms with van der Waals surface area (Å²) in [7, 11) is 2.99. The van der Waals surface area contributed by atoms with Gasteiger partial charge in [-0.15, -0.1) is 0 Å². The highest BCUT2D eigenvalue weighted by atomic mass is 16.2. The van der Waals surface area contributed by atoms with Crippen molar-refractivity contribution in [3.05, 3.63) is 75.2 Å². The third-order valence-electron chi connectivity index (χ3n) is 4.51. The lowest BCUT2D eigenvalue weighted by atomic mass is 10.2. The second kappa shape index (κ2) is 6.62. The summed E-state index contributed by atoms with van der Waals surface area (Å²) in [6.07, 6.45) is 4.27. The highest BCUT2D eigenvalue weighted by Gasteiger charge is 2.17. The first-order valence-corrected chi connectivity index (χ1v) is 8.50. The zero-order valence-corrected chi connectivity index (χ0v) is 15.2. The molecule has 0 aliphatic rings. The van der Waals surface area contributed by atoms with Gasteiger partial charge in [0.1, 0.15) is 17.7 Å². The van der Waals surface area contributed by atoms with Gasteiger partial charge < -0.3 is 10.7 Å². The van der Waals surface area contributed by atoms with Crippen LogP contribution < -0.4 is 16.4 Å². The Balaban J connectivity index is 1.93. The lowest BCUT2D eigenvalue weighted by molar-refractivity contribution is 0.583. The van der Waals surface area contributed by atoms with E-state index in [2.05, 4.69) is 15.3 Å². The van der Waals surface area contributed by atoms with Gasteiger partial charge in [-0.05, 0) is 0 Å². The van der Waals surface area contributed by atoms with Crippen molar-refractivity contribution < 1.29 is 0 Å². The highest BCUT2D eigenvalue weighted by molar-refractivity contribution is 5.84. The van der Waals surface area contributed by atoms with Crippen LogP contribution in [-0.4, -0.2) is 37.0 Å². The van der Waals surface area contributed by atoms with Gasteiger partial charge in [0.25, 0.3) is 11.1 Å². The van der Waals surface area contributed by atoms with E-state index in [1.807, 2.05) is 36.5 Å². The highest BCUT2D eigenvalue weighted by Crippen LogP contribution is 2.19. The van der Waals surface area contributed by atoms with Gasteiger partial charge >= 0.3 is 0 Å².